The van der Waals surface area contributed by atoms with E-state index in [4.69, 9.17) is 10.9 Å². The minimum Gasteiger partial charge on any atom is -0.409 e. The molecule has 2 aromatic heterocycles. The van der Waals surface area contributed by atoms with Crippen molar-refractivity contribution in [3.8, 4) is 0 Å². The topological polar surface area (TPSA) is 100 Å². The monoisotopic (exact) mass is 263 g/mol. The molecule has 0 spiro atoms. The molecule has 0 atom stereocenters. The number of pyridine rings is 1. The van der Waals surface area contributed by atoms with E-state index in [0.717, 1.165) is 21.4 Å². The van der Waals surface area contributed by atoms with Gasteiger partial charge in [-0.25, -0.2) is 4.98 Å². The fourth-order valence-electron chi connectivity index (χ4n) is 1.65. The number of imidazole rings is 1. The van der Waals surface area contributed by atoms with Gasteiger partial charge in [0.05, 0.1) is 5.56 Å². The van der Waals surface area contributed by atoms with Crippen molar-refractivity contribution in [1.29, 1.82) is 0 Å². The fraction of sp³-hybridized carbons (Fsp3) is 0.182. The maximum atomic E-state index is 8.83. The van der Waals surface area contributed by atoms with Crippen molar-refractivity contribution in [2.45, 2.75) is 23.9 Å². The lowest BCUT2D eigenvalue weighted by molar-refractivity contribution is 0.318. The summed E-state index contributed by atoms with van der Waals surface area (Å²) in [4.78, 5) is 12.3. The molecule has 0 aliphatic heterocycles. The number of nitrogens with one attached hydrogen (secondary N) is 1. The van der Waals surface area contributed by atoms with E-state index < -0.39 is 0 Å². The SMILES string of the molecule is Cc1cc(Sc2ncc[nH]2)c(/C(N)=N/O)c(C)n1. The maximum absolute atomic E-state index is 8.83. The first-order chi connectivity index (χ1) is 8.61. The molecule has 0 aromatic carbocycles. The Kier molecular flexibility index (Phi) is 3.52. The normalized spacial score (nSPS) is 11.8. The van der Waals surface area contributed by atoms with Crippen molar-refractivity contribution in [2.24, 2.45) is 10.9 Å². The lowest BCUT2D eigenvalue weighted by Crippen LogP contribution is -2.17. The molecule has 0 saturated heterocycles. The van der Waals surface area contributed by atoms with Crippen LogP contribution in [0.15, 0.2) is 33.7 Å². The summed E-state index contributed by atoms with van der Waals surface area (Å²) >= 11 is 1.41. The molecule has 18 heavy (non-hydrogen) atoms. The third-order valence-electron chi connectivity index (χ3n) is 2.34. The summed E-state index contributed by atoms with van der Waals surface area (Å²) in [5, 5.41) is 12.6. The van der Waals surface area contributed by atoms with Gasteiger partial charge in [0, 0.05) is 28.7 Å². The molecule has 0 saturated carbocycles. The van der Waals surface area contributed by atoms with Crippen molar-refractivity contribution in [1.82, 2.24) is 15.0 Å². The molecule has 2 rings (SSSR count). The molecule has 0 bridgehead atoms. The Bertz CT molecular complexity index is 579. The Morgan fingerprint density at radius 2 is 2.28 bits per heavy atom. The van der Waals surface area contributed by atoms with Crippen LogP contribution in [0.25, 0.3) is 0 Å². The predicted octanol–water partition coefficient (Wildman–Crippen LogP) is 1.67. The van der Waals surface area contributed by atoms with Crippen LogP contribution in [0.2, 0.25) is 0 Å². The largest absolute Gasteiger partial charge is 0.409 e. The molecule has 7 heteroatoms. The van der Waals surface area contributed by atoms with Crippen LogP contribution in [0.3, 0.4) is 0 Å². The van der Waals surface area contributed by atoms with Gasteiger partial charge in [-0.1, -0.05) is 16.9 Å². The molecule has 0 unspecified atom stereocenters. The van der Waals surface area contributed by atoms with E-state index in [1.165, 1.54) is 11.8 Å². The van der Waals surface area contributed by atoms with E-state index in [1.54, 1.807) is 12.4 Å². The van der Waals surface area contributed by atoms with Crippen molar-refractivity contribution in [3.05, 3.63) is 35.4 Å². The third kappa shape index (κ3) is 2.45. The Morgan fingerprint density at radius 3 is 2.89 bits per heavy atom. The van der Waals surface area contributed by atoms with Gasteiger partial charge in [-0.2, -0.15) is 0 Å². The number of amidine groups is 1. The van der Waals surface area contributed by atoms with Crippen LogP contribution in [-0.2, 0) is 0 Å². The van der Waals surface area contributed by atoms with Gasteiger partial charge < -0.3 is 15.9 Å². The predicted molar refractivity (Wildman–Crippen MR) is 68.9 cm³/mol. The summed E-state index contributed by atoms with van der Waals surface area (Å²) in [6.07, 6.45) is 3.42. The second-order valence-electron chi connectivity index (χ2n) is 3.70. The fourth-order valence-corrected chi connectivity index (χ4v) is 2.68. The maximum Gasteiger partial charge on any atom is 0.173 e. The highest BCUT2D eigenvalue weighted by Gasteiger charge is 2.14. The van der Waals surface area contributed by atoms with Crippen molar-refractivity contribution in [2.75, 3.05) is 0 Å². The zero-order valence-corrected chi connectivity index (χ0v) is 10.8. The molecule has 0 fully saturated rings. The van der Waals surface area contributed by atoms with Gasteiger partial charge in [-0.15, -0.1) is 0 Å². The minimum absolute atomic E-state index is 0.0501. The molecule has 4 N–H and O–H groups in total. The zero-order chi connectivity index (χ0) is 13.1. The number of H-pyrrole nitrogens is 1. The Morgan fingerprint density at radius 1 is 1.50 bits per heavy atom. The summed E-state index contributed by atoms with van der Waals surface area (Å²) in [5.74, 6) is 0.0501. The molecule has 0 aliphatic carbocycles. The smallest absolute Gasteiger partial charge is 0.173 e. The second-order valence-corrected chi connectivity index (χ2v) is 4.73. The van der Waals surface area contributed by atoms with Gasteiger partial charge in [-0.3, -0.25) is 4.98 Å². The first-order valence-corrected chi connectivity index (χ1v) is 6.07. The molecule has 0 amide bonds. The number of nitrogens with zero attached hydrogens (tertiary/aromatic N) is 3. The molecule has 2 heterocycles. The first-order valence-electron chi connectivity index (χ1n) is 5.25. The molecule has 2 aromatic rings. The number of aryl methyl sites for hydroxylation is 2. The minimum atomic E-state index is 0.0501. The van der Waals surface area contributed by atoms with Crippen LogP contribution in [0.1, 0.15) is 17.0 Å². The average Bonchev–Trinajstić information content (AvgIpc) is 2.80. The number of rotatable bonds is 3. The van der Waals surface area contributed by atoms with Gasteiger partial charge in [0.2, 0.25) is 0 Å². The van der Waals surface area contributed by atoms with Gasteiger partial charge in [0.15, 0.2) is 11.0 Å². The molecule has 0 radical (unpaired) electrons. The highest BCUT2D eigenvalue weighted by Crippen LogP contribution is 2.29. The highest BCUT2D eigenvalue weighted by atomic mass is 32.2. The Hall–Kier alpha value is -2.02. The summed E-state index contributed by atoms with van der Waals surface area (Å²) in [6, 6.07) is 1.88. The van der Waals surface area contributed by atoms with Gasteiger partial charge in [0.1, 0.15) is 0 Å². The van der Waals surface area contributed by atoms with E-state index in [1.807, 2.05) is 19.9 Å². The van der Waals surface area contributed by atoms with Crippen LogP contribution < -0.4 is 5.73 Å². The summed E-state index contributed by atoms with van der Waals surface area (Å²) in [6.45, 7) is 3.72. The number of nitrogens with two attached hydrogens (primary N) is 1. The van der Waals surface area contributed by atoms with Crippen molar-refractivity contribution < 1.29 is 5.21 Å². The quantitative estimate of drug-likeness (QED) is 0.338. The average molecular weight is 263 g/mol. The number of hydrogen-bond donors (Lipinski definition) is 3. The van der Waals surface area contributed by atoms with E-state index in [-0.39, 0.29) is 5.84 Å². The molecule has 0 aliphatic rings. The summed E-state index contributed by atoms with van der Waals surface area (Å²) < 4.78 is 0. The molecule has 94 valence electrons. The van der Waals surface area contributed by atoms with Crippen LogP contribution in [0, 0.1) is 13.8 Å². The van der Waals surface area contributed by atoms with E-state index in [2.05, 4.69) is 20.1 Å². The number of aromatic nitrogens is 3. The number of oxime groups is 1. The molecular formula is C11H13N5OS. The van der Waals surface area contributed by atoms with Crippen molar-refractivity contribution >= 4 is 17.6 Å². The van der Waals surface area contributed by atoms with Crippen molar-refractivity contribution in [3.63, 3.8) is 0 Å². The van der Waals surface area contributed by atoms with Crippen LogP contribution >= 0.6 is 11.8 Å². The lowest BCUT2D eigenvalue weighted by Gasteiger charge is -2.10. The van der Waals surface area contributed by atoms with Gasteiger partial charge in [0.25, 0.3) is 0 Å². The van der Waals surface area contributed by atoms with Crippen LogP contribution in [0.5, 0.6) is 0 Å². The van der Waals surface area contributed by atoms with E-state index in [9.17, 15) is 0 Å². The summed E-state index contributed by atoms with van der Waals surface area (Å²) in [7, 11) is 0. The van der Waals surface area contributed by atoms with Gasteiger partial charge in [-0.05, 0) is 19.9 Å². The molecular weight excluding hydrogens is 250 g/mol. The lowest BCUT2D eigenvalue weighted by atomic mass is 10.1. The second kappa shape index (κ2) is 5.09. The van der Waals surface area contributed by atoms with E-state index >= 15 is 0 Å². The van der Waals surface area contributed by atoms with Gasteiger partial charge >= 0.3 is 0 Å². The highest BCUT2D eigenvalue weighted by molar-refractivity contribution is 7.99. The van der Waals surface area contributed by atoms with E-state index in [0.29, 0.717) is 5.56 Å². The number of hydrogen-bond acceptors (Lipinski definition) is 5. The van der Waals surface area contributed by atoms with Crippen LogP contribution in [0.4, 0.5) is 0 Å². The first kappa shape index (κ1) is 12.4. The zero-order valence-electron chi connectivity index (χ0n) is 10.0. The standard InChI is InChI=1S/C11H13N5OS/c1-6-5-8(18-11-13-3-4-14-11)9(7(2)15-6)10(12)16-17/h3-5,17H,1-2H3,(H2,12,16)(H,13,14). The Balaban J connectivity index is 2.50. The molecule has 6 nitrogen and oxygen atoms in total. The third-order valence-corrected chi connectivity index (χ3v) is 3.29. The Labute approximate surface area is 108 Å². The van der Waals surface area contributed by atoms with Crippen LogP contribution in [-0.4, -0.2) is 26.0 Å². The summed E-state index contributed by atoms with van der Waals surface area (Å²) in [5.41, 5.74) is 7.91. The number of aromatic amines is 1.